The van der Waals surface area contributed by atoms with Crippen LogP contribution < -0.4 is 10.6 Å². The van der Waals surface area contributed by atoms with Gasteiger partial charge in [-0.1, -0.05) is 0 Å². The third-order valence-electron chi connectivity index (χ3n) is 3.52. The summed E-state index contributed by atoms with van der Waals surface area (Å²) >= 11 is 0. The monoisotopic (exact) mass is 290 g/mol. The van der Waals surface area contributed by atoms with Crippen LogP contribution in [0.5, 0.6) is 0 Å². The Balaban J connectivity index is 1.93. The van der Waals surface area contributed by atoms with Gasteiger partial charge in [0.1, 0.15) is 0 Å². The van der Waals surface area contributed by atoms with Crippen molar-refractivity contribution in [1.29, 1.82) is 0 Å². The highest BCUT2D eigenvalue weighted by molar-refractivity contribution is 5.84. The average Bonchev–Trinajstić information content (AvgIpc) is 2.97. The van der Waals surface area contributed by atoms with Crippen LogP contribution in [0.25, 0.3) is 0 Å². The first-order chi connectivity index (χ1) is 9.35. The Morgan fingerprint density at radius 3 is 2.85 bits per heavy atom. The van der Waals surface area contributed by atoms with Crippen LogP contribution in [0.1, 0.15) is 12.0 Å². The van der Waals surface area contributed by atoms with E-state index in [0.29, 0.717) is 6.54 Å². The maximum atomic E-state index is 13.1. The molecule has 5 nitrogen and oxygen atoms in total. The van der Waals surface area contributed by atoms with Crippen LogP contribution in [0.2, 0.25) is 0 Å². The lowest BCUT2D eigenvalue weighted by Gasteiger charge is -2.29. The molecule has 0 aromatic carbocycles. The number of hydrogen-bond donors (Lipinski definition) is 2. The van der Waals surface area contributed by atoms with Crippen molar-refractivity contribution in [1.82, 2.24) is 20.4 Å². The number of aromatic nitrogens is 2. The van der Waals surface area contributed by atoms with E-state index in [1.807, 2.05) is 6.92 Å². The predicted molar refractivity (Wildman–Crippen MR) is 65.9 cm³/mol. The molecule has 0 saturated carbocycles. The number of alkyl halides is 3. The minimum Gasteiger partial charge on any atom is -0.353 e. The topological polar surface area (TPSA) is 59.0 Å². The predicted octanol–water partition coefficient (Wildman–Crippen LogP) is 0.850. The molecule has 0 spiro atoms. The zero-order valence-corrected chi connectivity index (χ0v) is 11.1. The van der Waals surface area contributed by atoms with Crippen molar-refractivity contribution in [3.63, 3.8) is 0 Å². The van der Waals surface area contributed by atoms with Crippen molar-refractivity contribution in [2.75, 3.05) is 19.6 Å². The minimum atomic E-state index is -4.54. The van der Waals surface area contributed by atoms with Gasteiger partial charge in [0.05, 0.1) is 12.7 Å². The van der Waals surface area contributed by atoms with E-state index >= 15 is 0 Å². The highest BCUT2D eigenvalue weighted by Crippen LogP contribution is 2.43. The summed E-state index contributed by atoms with van der Waals surface area (Å²) in [6, 6.07) is 0. The average molecular weight is 290 g/mol. The molecule has 1 aromatic heterocycles. The molecule has 0 bridgehead atoms. The highest BCUT2D eigenvalue weighted by Gasteiger charge is 2.61. The van der Waals surface area contributed by atoms with E-state index in [1.165, 1.54) is 0 Å². The fourth-order valence-corrected chi connectivity index (χ4v) is 2.30. The maximum Gasteiger partial charge on any atom is 0.404 e. The fourth-order valence-electron chi connectivity index (χ4n) is 2.30. The van der Waals surface area contributed by atoms with E-state index in [4.69, 9.17) is 0 Å². The van der Waals surface area contributed by atoms with Crippen LogP contribution in [0.4, 0.5) is 13.2 Å². The van der Waals surface area contributed by atoms with Crippen molar-refractivity contribution in [2.24, 2.45) is 5.41 Å². The lowest BCUT2D eigenvalue weighted by atomic mass is 9.85. The molecule has 1 atom stereocenters. The first kappa shape index (κ1) is 14.8. The van der Waals surface area contributed by atoms with E-state index < -0.39 is 17.5 Å². The highest BCUT2D eigenvalue weighted by atomic mass is 19.4. The van der Waals surface area contributed by atoms with Gasteiger partial charge in [-0.2, -0.15) is 18.3 Å². The first-order valence-electron chi connectivity index (χ1n) is 6.40. The van der Waals surface area contributed by atoms with Crippen LogP contribution in [0, 0.1) is 12.3 Å². The Hall–Kier alpha value is -1.57. The van der Waals surface area contributed by atoms with Gasteiger partial charge in [-0.15, -0.1) is 0 Å². The molecule has 1 fully saturated rings. The van der Waals surface area contributed by atoms with Crippen molar-refractivity contribution >= 4 is 5.91 Å². The molecule has 2 N–H and O–H groups in total. The molecule has 112 valence electrons. The second kappa shape index (κ2) is 5.43. The van der Waals surface area contributed by atoms with E-state index in [1.54, 1.807) is 17.1 Å². The summed E-state index contributed by atoms with van der Waals surface area (Å²) < 4.78 is 40.9. The first-order valence-corrected chi connectivity index (χ1v) is 6.40. The summed E-state index contributed by atoms with van der Waals surface area (Å²) in [4.78, 5) is 11.9. The molecule has 1 aliphatic rings. The van der Waals surface area contributed by atoms with Crippen LogP contribution in [-0.4, -0.2) is 41.5 Å². The zero-order chi connectivity index (χ0) is 14.8. The maximum absolute atomic E-state index is 13.1. The minimum absolute atomic E-state index is 0.123. The third-order valence-corrected chi connectivity index (χ3v) is 3.52. The molecule has 1 aliphatic heterocycles. The molecule has 1 aromatic rings. The van der Waals surface area contributed by atoms with Gasteiger partial charge in [0.15, 0.2) is 5.41 Å². The van der Waals surface area contributed by atoms with Crippen LogP contribution in [0.3, 0.4) is 0 Å². The fraction of sp³-hybridized carbons (Fsp3) is 0.667. The van der Waals surface area contributed by atoms with Crippen molar-refractivity contribution < 1.29 is 18.0 Å². The van der Waals surface area contributed by atoms with E-state index in [0.717, 1.165) is 5.56 Å². The second-order valence-corrected chi connectivity index (χ2v) is 5.04. The van der Waals surface area contributed by atoms with Crippen LogP contribution in [0.15, 0.2) is 12.4 Å². The van der Waals surface area contributed by atoms with Crippen molar-refractivity contribution in [2.45, 2.75) is 26.1 Å². The van der Waals surface area contributed by atoms with Gasteiger partial charge in [0, 0.05) is 19.3 Å². The largest absolute Gasteiger partial charge is 0.404 e. The number of carbonyl (C=O) groups is 1. The molecular weight excluding hydrogens is 273 g/mol. The molecule has 2 rings (SSSR count). The Morgan fingerprint density at radius 2 is 2.35 bits per heavy atom. The van der Waals surface area contributed by atoms with E-state index in [2.05, 4.69) is 15.7 Å². The molecule has 0 aliphatic carbocycles. The number of nitrogens with one attached hydrogen (secondary N) is 2. The lowest BCUT2D eigenvalue weighted by Crippen LogP contribution is -2.52. The molecule has 20 heavy (non-hydrogen) atoms. The number of nitrogens with zero attached hydrogens (tertiary/aromatic N) is 2. The third kappa shape index (κ3) is 2.79. The van der Waals surface area contributed by atoms with Gasteiger partial charge in [-0.3, -0.25) is 9.48 Å². The van der Waals surface area contributed by atoms with Crippen molar-refractivity contribution in [3.05, 3.63) is 18.0 Å². The van der Waals surface area contributed by atoms with Gasteiger partial charge in [-0.25, -0.2) is 0 Å². The van der Waals surface area contributed by atoms with Gasteiger partial charge in [0.2, 0.25) is 5.91 Å². The number of carbonyl (C=O) groups excluding carboxylic acids is 1. The molecule has 1 amide bonds. The molecular formula is C12H17F3N4O. The van der Waals surface area contributed by atoms with Gasteiger partial charge in [-0.05, 0) is 25.5 Å². The number of hydrogen-bond acceptors (Lipinski definition) is 3. The van der Waals surface area contributed by atoms with Crippen LogP contribution in [-0.2, 0) is 11.3 Å². The van der Waals surface area contributed by atoms with Gasteiger partial charge >= 0.3 is 6.18 Å². The standard InChI is InChI=1S/C12H17F3N4O/c1-9-6-18-19(7-9)5-4-17-10(20)11(12(13,14)15)2-3-16-8-11/h6-7,16H,2-5,8H2,1H3,(H,17,20). The number of aryl methyl sites for hydroxylation is 1. The number of amides is 1. The van der Waals surface area contributed by atoms with E-state index in [9.17, 15) is 18.0 Å². The van der Waals surface area contributed by atoms with Gasteiger partial charge < -0.3 is 10.6 Å². The summed E-state index contributed by atoms with van der Waals surface area (Å²) in [5, 5.41) is 8.99. The summed E-state index contributed by atoms with van der Waals surface area (Å²) in [6.45, 7) is 2.18. The molecule has 8 heteroatoms. The van der Waals surface area contributed by atoms with Gasteiger partial charge in [0.25, 0.3) is 0 Å². The van der Waals surface area contributed by atoms with Crippen molar-refractivity contribution in [3.8, 4) is 0 Å². The molecule has 0 radical (unpaired) electrons. The summed E-state index contributed by atoms with van der Waals surface area (Å²) in [6.07, 6.45) is -1.34. The second-order valence-electron chi connectivity index (χ2n) is 5.04. The normalized spacial score (nSPS) is 23.0. The summed E-state index contributed by atoms with van der Waals surface area (Å²) in [5.41, 5.74) is -1.34. The Kier molecular flexibility index (Phi) is 4.03. The molecule has 1 saturated heterocycles. The summed E-state index contributed by atoms with van der Waals surface area (Å²) in [7, 11) is 0. The Labute approximate surface area is 114 Å². The quantitative estimate of drug-likeness (QED) is 0.864. The zero-order valence-electron chi connectivity index (χ0n) is 11.1. The SMILES string of the molecule is Cc1cnn(CCNC(=O)C2(C(F)(F)F)CCNC2)c1. The molecule has 1 unspecified atom stereocenters. The van der Waals surface area contributed by atoms with Crippen LogP contribution >= 0.6 is 0 Å². The summed E-state index contributed by atoms with van der Waals surface area (Å²) in [5.74, 6) is -0.959. The number of halogens is 3. The molecule has 2 heterocycles. The lowest BCUT2D eigenvalue weighted by molar-refractivity contribution is -0.216. The van der Waals surface area contributed by atoms with E-state index in [-0.39, 0.29) is 26.1 Å². The smallest absolute Gasteiger partial charge is 0.353 e. The Morgan fingerprint density at radius 1 is 1.60 bits per heavy atom. The Bertz CT molecular complexity index is 477. The number of rotatable bonds is 4.